The monoisotopic (exact) mass is 244 g/mol. The summed E-state index contributed by atoms with van der Waals surface area (Å²) in [7, 11) is 0. The lowest BCUT2D eigenvalue weighted by Crippen LogP contribution is -2.06. The van der Waals surface area contributed by atoms with E-state index in [1.54, 1.807) is 0 Å². The zero-order chi connectivity index (χ0) is 8.60. The van der Waals surface area contributed by atoms with Gasteiger partial charge in [-0.2, -0.15) is 0 Å². The topological polar surface area (TPSA) is 0 Å². The van der Waals surface area contributed by atoms with Gasteiger partial charge in [0.2, 0.25) is 0 Å². The highest BCUT2D eigenvalue weighted by molar-refractivity contribution is 9.09. The van der Waals surface area contributed by atoms with Crippen LogP contribution in [0.15, 0.2) is 24.3 Å². The molecule has 0 unspecified atom stereocenters. The van der Waals surface area contributed by atoms with Crippen molar-refractivity contribution in [2.24, 2.45) is 0 Å². The molecule has 0 bridgehead atoms. The molecule has 2 heteroatoms. The molecule has 1 aromatic carbocycles. The first kappa shape index (κ1) is 8.58. The Kier molecular flexibility index (Phi) is 2.18. The maximum atomic E-state index is 5.81. The van der Waals surface area contributed by atoms with Crippen molar-refractivity contribution in [3.63, 3.8) is 0 Å². The Labute approximate surface area is 86.1 Å². The molecule has 12 heavy (non-hydrogen) atoms. The van der Waals surface area contributed by atoms with E-state index in [0.29, 0.717) is 5.41 Å². The summed E-state index contributed by atoms with van der Waals surface area (Å²) in [6, 6.07) is 8.21. The number of hydrogen-bond acceptors (Lipinski definition) is 0. The summed E-state index contributed by atoms with van der Waals surface area (Å²) in [5.41, 5.74) is 1.86. The molecule has 1 saturated carbocycles. The highest BCUT2D eigenvalue weighted by atomic mass is 79.9. The molecule has 0 nitrogen and oxygen atoms in total. The van der Waals surface area contributed by atoms with Gasteiger partial charge in [-0.15, -0.1) is 0 Å². The lowest BCUT2D eigenvalue weighted by molar-refractivity contribution is 0.809. The number of hydrogen-bond donors (Lipinski definition) is 0. The van der Waals surface area contributed by atoms with Crippen molar-refractivity contribution in [2.45, 2.75) is 18.3 Å². The van der Waals surface area contributed by atoms with Gasteiger partial charge in [-0.3, -0.25) is 0 Å². The van der Waals surface area contributed by atoms with Gasteiger partial charge in [0.15, 0.2) is 0 Å². The van der Waals surface area contributed by atoms with E-state index in [0.717, 1.165) is 10.4 Å². The molecule has 0 aliphatic heterocycles. The minimum atomic E-state index is 0.435. The highest BCUT2D eigenvalue weighted by Gasteiger charge is 2.42. The quantitative estimate of drug-likeness (QED) is 0.696. The van der Waals surface area contributed by atoms with Crippen molar-refractivity contribution in [1.29, 1.82) is 0 Å². The smallest absolute Gasteiger partial charge is 0.0406 e. The maximum Gasteiger partial charge on any atom is 0.0406 e. The Balaban J connectivity index is 2.29. The molecule has 64 valence electrons. The first-order valence-electron chi connectivity index (χ1n) is 4.09. The molecule has 0 radical (unpaired) electrons. The summed E-state index contributed by atoms with van der Waals surface area (Å²) < 4.78 is 0. The Morgan fingerprint density at radius 3 is 2.25 bits per heavy atom. The summed E-state index contributed by atoms with van der Waals surface area (Å²) in [5, 5.41) is 1.89. The van der Waals surface area contributed by atoms with Crippen LogP contribution in [0, 0.1) is 0 Å². The van der Waals surface area contributed by atoms with Gasteiger partial charge in [0.25, 0.3) is 0 Å². The van der Waals surface area contributed by atoms with Gasteiger partial charge in [-0.25, -0.2) is 0 Å². The van der Waals surface area contributed by atoms with Gasteiger partial charge in [-0.05, 0) is 30.5 Å². The molecule has 1 aromatic rings. The Bertz CT molecular complexity index is 274. The van der Waals surface area contributed by atoms with Crippen LogP contribution in [0.1, 0.15) is 18.4 Å². The summed E-state index contributed by atoms with van der Waals surface area (Å²) in [5.74, 6) is 0. The van der Waals surface area contributed by atoms with Gasteiger partial charge in [0.05, 0.1) is 0 Å². The molecule has 1 fully saturated rings. The van der Waals surface area contributed by atoms with Crippen molar-refractivity contribution in [3.05, 3.63) is 34.9 Å². The first-order valence-corrected chi connectivity index (χ1v) is 5.59. The lowest BCUT2D eigenvalue weighted by atomic mass is 9.99. The molecule has 1 aliphatic carbocycles. The Hall–Kier alpha value is -0.0100. The van der Waals surface area contributed by atoms with Gasteiger partial charge in [0.1, 0.15) is 0 Å². The molecule has 0 aromatic heterocycles. The number of rotatable bonds is 2. The third kappa shape index (κ3) is 1.40. The second-order valence-corrected chi connectivity index (χ2v) is 4.42. The minimum absolute atomic E-state index is 0.435. The van der Waals surface area contributed by atoms with E-state index < -0.39 is 0 Å². The van der Waals surface area contributed by atoms with Crippen molar-refractivity contribution < 1.29 is 0 Å². The summed E-state index contributed by atoms with van der Waals surface area (Å²) in [6.07, 6.45) is 2.61. The molecule has 2 rings (SSSR count). The van der Waals surface area contributed by atoms with E-state index in [2.05, 4.69) is 28.1 Å². The minimum Gasteiger partial charge on any atom is -0.0918 e. The zero-order valence-corrected chi connectivity index (χ0v) is 9.03. The fraction of sp³-hybridized carbons (Fsp3) is 0.400. The van der Waals surface area contributed by atoms with E-state index in [1.807, 2.05) is 12.1 Å². The van der Waals surface area contributed by atoms with E-state index >= 15 is 0 Å². The van der Waals surface area contributed by atoms with E-state index in [-0.39, 0.29) is 0 Å². The molecule has 1 aliphatic rings. The Morgan fingerprint density at radius 2 is 1.83 bits per heavy atom. The standard InChI is InChI=1S/C10H10BrCl/c11-7-10(5-6-10)8-1-3-9(12)4-2-8/h1-4H,5-7H2. The summed E-state index contributed by atoms with van der Waals surface area (Å²) in [6.45, 7) is 0. The molecule has 0 N–H and O–H groups in total. The third-order valence-electron chi connectivity index (χ3n) is 2.57. The van der Waals surface area contributed by atoms with Crippen LogP contribution in [0.3, 0.4) is 0 Å². The molecule has 0 saturated heterocycles. The van der Waals surface area contributed by atoms with Crippen LogP contribution in [0.2, 0.25) is 5.02 Å². The van der Waals surface area contributed by atoms with Crippen molar-refractivity contribution in [3.8, 4) is 0 Å². The van der Waals surface area contributed by atoms with E-state index in [9.17, 15) is 0 Å². The van der Waals surface area contributed by atoms with Crippen LogP contribution in [0.4, 0.5) is 0 Å². The first-order chi connectivity index (χ1) is 5.77. The van der Waals surface area contributed by atoms with Crippen LogP contribution >= 0.6 is 27.5 Å². The van der Waals surface area contributed by atoms with Gasteiger partial charge < -0.3 is 0 Å². The molecule has 0 heterocycles. The van der Waals surface area contributed by atoms with Gasteiger partial charge >= 0.3 is 0 Å². The molecule has 0 amide bonds. The second kappa shape index (κ2) is 3.04. The van der Waals surface area contributed by atoms with Crippen LogP contribution < -0.4 is 0 Å². The maximum absolute atomic E-state index is 5.81. The number of halogens is 2. The van der Waals surface area contributed by atoms with E-state index in [4.69, 9.17) is 11.6 Å². The summed E-state index contributed by atoms with van der Waals surface area (Å²) >= 11 is 9.37. The van der Waals surface area contributed by atoms with Crippen LogP contribution in [-0.2, 0) is 5.41 Å². The number of benzene rings is 1. The fourth-order valence-electron chi connectivity index (χ4n) is 1.45. The van der Waals surface area contributed by atoms with Gasteiger partial charge in [-0.1, -0.05) is 39.7 Å². The average molecular weight is 246 g/mol. The SMILES string of the molecule is Clc1ccc(C2(CBr)CC2)cc1. The lowest BCUT2D eigenvalue weighted by Gasteiger charge is -2.10. The summed E-state index contributed by atoms with van der Waals surface area (Å²) in [4.78, 5) is 0. The molecular weight excluding hydrogens is 235 g/mol. The van der Waals surface area contributed by atoms with Crippen LogP contribution in [0.5, 0.6) is 0 Å². The number of alkyl halides is 1. The Morgan fingerprint density at radius 1 is 1.25 bits per heavy atom. The van der Waals surface area contributed by atoms with Crippen molar-refractivity contribution in [2.75, 3.05) is 5.33 Å². The van der Waals surface area contributed by atoms with Crippen LogP contribution in [-0.4, -0.2) is 5.33 Å². The largest absolute Gasteiger partial charge is 0.0918 e. The predicted octanol–water partition coefficient (Wildman–Crippen LogP) is 3.77. The predicted molar refractivity (Wildman–Crippen MR) is 56.2 cm³/mol. The third-order valence-corrected chi connectivity index (χ3v) is 3.89. The molecule has 0 atom stereocenters. The normalized spacial score (nSPS) is 19.2. The average Bonchev–Trinajstić information content (AvgIpc) is 2.86. The van der Waals surface area contributed by atoms with Crippen molar-refractivity contribution >= 4 is 27.5 Å². The second-order valence-electron chi connectivity index (χ2n) is 3.42. The fourth-order valence-corrected chi connectivity index (χ4v) is 2.46. The van der Waals surface area contributed by atoms with Crippen molar-refractivity contribution in [1.82, 2.24) is 0 Å². The van der Waals surface area contributed by atoms with Crippen LogP contribution in [0.25, 0.3) is 0 Å². The van der Waals surface area contributed by atoms with E-state index in [1.165, 1.54) is 18.4 Å². The zero-order valence-electron chi connectivity index (χ0n) is 6.69. The molecular formula is C10H10BrCl. The molecule has 0 spiro atoms. The highest BCUT2D eigenvalue weighted by Crippen LogP contribution is 2.49. The van der Waals surface area contributed by atoms with Gasteiger partial charge in [0, 0.05) is 15.8 Å².